The first kappa shape index (κ1) is 12.2. The van der Waals surface area contributed by atoms with Crippen LogP contribution in [0.15, 0.2) is 59.7 Å². The third-order valence-corrected chi connectivity index (χ3v) is 3.02. The van der Waals surface area contributed by atoms with Crippen LogP contribution >= 0.6 is 0 Å². The van der Waals surface area contributed by atoms with E-state index in [1.807, 2.05) is 36.4 Å². The zero-order chi connectivity index (χ0) is 13.9. The lowest BCUT2D eigenvalue weighted by atomic mass is 10.2. The van der Waals surface area contributed by atoms with Crippen LogP contribution in [0.1, 0.15) is 0 Å². The Labute approximate surface area is 115 Å². The normalized spacial score (nSPS) is 10.4. The second kappa shape index (κ2) is 5.05. The summed E-state index contributed by atoms with van der Waals surface area (Å²) in [5, 5.41) is 3.07. The summed E-state index contributed by atoms with van der Waals surface area (Å²) in [6.45, 7) is 0. The molecule has 3 aromatic rings. The third kappa shape index (κ3) is 2.21. The molecule has 2 heterocycles. The largest absolute Gasteiger partial charge is 0.497 e. The van der Waals surface area contributed by atoms with E-state index in [0.717, 1.165) is 22.7 Å². The number of hydrogen-bond donors (Lipinski definition) is 1. The average molecular weight is 267 g/mol. The van der Waals surface area contributed by atoms with Crippen LogP contribution in [-0.2, 0) is 0 Å². The zero-order valence-corrected chi connectivity index (χ0v) is 10.9. The Morgan fingerprint density at radius 1 is 1.20 bits per heavy atom. The van der Waals surface area contributed by atoms with E-state index in [2.05, 4.69) is 10.1 Å². The van der Waals surface area contributed by atoms with Crippen LogP contribution in [0.2, 0.25) is 0 Å². The fourth-order valence-electron chi connectivity index (χ4n) is 1.99. The summed E-state index contributed by atoms with van der Waals surface area (Å²) < 4.78 is 6.59. The minimum Gasteiger partial charge on any atom is -0.497 e. The third-order valence-electron chi connectivity index (χ3n) is 3.02. The number of rotatable bonds is 3. The fourth-order valence-corrected chi connectivity index (χ4v) is 1.99. The number of aromatic amines is 1. The first-order valence-electron chi connectivity index (χ1n) is 6.15. The van der Waals surface area contributed by atoms with Crippen molar-refractivity contribution in [1.82, 2.24) is 14.8 Å². The molecule has 0 aliphatic rings. The Morgan fingerprint density at radius 3 is 2.65 bits per heavy atom. The predicted octanol–water partition coefficient (Wildman–Crippen LogP) is 2.24. The van der Waals surface area contributed by atoms with Crippen LogP contribution < -0.4 is 10.3 Å². The van der Waals surface area contributed by atoms with E-state index in [0.29, 0.717) is 0 Å². The Hall–Kier alpha value is -2.82. The molecule has 100 valence electrons. The first-order chi connectivity index (χ1) is 9.78. The molecule has 1 aromatic carbocycles. The van der Waals surface area contributed by atoms with E-state index in [9.17, 15) is 4.79 Å². The van der Waals surface area contributed by atoms with Crippen molar-refractivity contribution in [2.75, 3.05) is 7.11 Å². The van der Waals surface area contributed by atoms with Gasteiger partial charge in [0, 0.05) is 24.0 Å². The van der Waals surface area contributed by atoms with E-state index in [4.69, 9.17) is 4.74 Å². The monoisotopic (exact) mass is 267 g/mol. The van der Waals surface area contributed by atoms with Crippen molar-refractivity contribution in [2.45, 2.75) is 0 Å². The van der Waals surface area contributed by atoms with Gasteiger partial charge in [0.1, 0.15) is 5.75 Å². The molecule has 0 saturated carbocycles. The minimum atomic E-state index is -0.117. The molecule has 0 bridgehead atoms. The number of ether oxygens (including phenoxy) is 1. The Balaban J connectivity index is 2.02. The van der Waals surface area contributed by atoms with E-state index in [-0.39, 0.29) is 5.56 Å². The fraction of sp³-hybridized carbons (Fsp3) is 0.0667. The number of hydrogen-bond acceptors (Lipinski definition) is 3. The van der Waals surface area contributed by atoms with Crippen LogP contribution in [0.3, 0.4) is 0 Å². The molecule has 5 heteroatoms. The summed E-state index contributed by atoms with van der Waals surface area (Å²) in [5.41, 5.74) is 2.25. The molecular formula is C15H13N3O2. The van der Waals surface area contributed by atoms with Gasteiger partial charge in [0.05, 0.1) is 18.5 Å². The van der Waals surface area contributed by atoms with Crippen LogP contribution in [0.5, 0.6) is 5.75 Å². The smallest absolute Gasteiger partial charge is 0.271 e. The van der Waals surface area contributed by atoms with Gasteiger partial charge < -0.3 is 4.74 Å². The SMILES string of the molecule is COc1ccc(-n2[nH]c(-c3cccnc3)cc2=O)cc1. The van der Waals surface area contributed by atoms with Crippen LogP contribution in [0.25, 0.3) is 16.9 Å². The van der Waals surface area contributed by atoms with Gasteiger partial charge in [-0.25, -0.2) is 4.68 Å². The zero-order valence-electron chi connectivity index (χ0n) is 10.9. The molecule has 5 nitrogen and oxygen atoms in total. The highest BCUT2D eigenvalue weighted by Crippen LogP contribution is 2.16. The molecule has 0 aliphatic heterocycles. The number of nitrogens with zero attached hydrogens (tertiary/aromatic N) is 2. The number of nitrogens with one attached hydrogen (secondary N) is 1. The van der Waals surface area contributed by atoms with Crippen molar-refractivity contribution < 1.29 is 4.74 Å². The molecule has 0 radical (unpaired) electrons. The first-order valence-corrected chi connectivity index (χ1v) is 6.15. The van der Waals surface area contributed by atoms with Gasteiger partial charge >= 0.3 is 0 Å². The molecule has 0 saturated heterocycles. The van der Waals surface area contributed by atoms with Crippen molar-refractivity contribution in [3.05, 3.63) is 65.2 Å². The van der Waals surface area contributed by atoms with E-state index >= 15 is 0 Å². The number of methoxy groups -OCH3 is 1. The van der Waals surface area contributed by atoms with Gasteiger partial charge in [-0.1, -0.05) is 0 Å². The topological polar surface area (TPSA) is 59.9 Å². The van der Waals surface area contributed by atoms with Crippen LogP contribution in [0.4, 0.5) is 0 Å². The van der Waals surface area contributed by atoms with E-state index in [1.165, 1.54) is 4.68 Å². The summed E-state index contributed by atoms with van der Waals surface area (Å²) in [7, 11) is 1.61. The van der Waals surface area contributed by atoms with Crippen molar-refractivity contribution in [2.24, 2.45) is 0 Å². The molecule has 2 aromatic heterocycles. The molecule has 3 rings (SSSR count). The van der Waals surface area contributed by atoms with E-state index in [1.54, 1.807) is 25.6 Å². The molecule has 0 atom stereocenters. The van der Waals surface area contributed by atoms with Gasteiger partial charge in [0.15, 0.2) is 0 Å². The second-order valence-electron chi connectivity index (χ2n) is 4.28. The average Bonchev–Trinajstić information content (AvgIpc) is 2.90. The minimum absolute atomic E-state index is 0.117. The lowest BCUT2D eigenvalue weighted by molar-refractivity contribution is 0.414. The maximum Gasteiger partial charge on any atom is 0.271 e. The molecule has 0 spiro atoms. The predicted molar refractivity (Wildman–Crippen MR) is 76.2 cm³/mol. The van der Waals surface area contributed by atoms with Gasteiger partial charge in [0.25, 0.3) is 5.56 Å². The maximum absolute atomic E-state index is 12.0. The number of benzene rings is 1. The van der Waals surface area contributed by atoms with Gasteiger partial charge in [-0.3, -0.25) is 14.9 Å². The lowest BCUT2D eigenvalue weighted by Crippen LogP contribution is -2.13. The number of aromatic nitrogens is 3. The van der Waals surface area contributed by atoms with Crippen molar-refractivity contribution >= 4 is 0 Å². The van der Waals surface area contributed by atoms with Gasteiger partial charge in [0.2, 0.25) is 0 Å². The number of H-pyrrole nitrogens is 1. The molecule has 0 fully saturated rings. The second-order valence-corrected chi connectivity index (χ2v) is 4.28. The van der Waals surface area contributed by atoms with Crippen molar-refractivity contribution in [3.8, 4) is 22.7 Å². The Bertz CT molecular complexity index is 758. The molecule has 0 unspecified atom stereocenters. The molecule has 20 heavy (non-hydrogen) atoms. The van der Waals surface area contributed by atoms with Gasteiger partial charge in [-0.05, 0) is 36.4 Å². The van der Waals surface area contributed by atoms with Gasteiger partial charge in [-0.15, -0.1) is 0 Å². The van der Waals surface area contributed by atoms with Crippen molar-refractivity contribution in [1.29, 1.82) is 0 Å². The number of pyridine rings is 1. The summed E-state index contributed by atoms with van der Waals surface area (Å²) in [5.74, 6) is 0.751. The standard InChI is InChI=1S/C15H13N3O2/c1-20-13-6-4-12(5-7-13)18-15(19)9-14(17-18)11-3-2-8-16-10-11/h2-10,17H,1H3. The maximum atomic E-state index is 12.0. The lowest BCUT2D eigenvalue weighted by Gasteiger charge is -2.04. The Morgan fingerprint density at radius 2 is 2.00 bits per heavy atom. The Kier molecular flexibility index (Phi) is 3.09. The molecule has 0 amide bonds. The quantitative estimate of drug-likeness (QED) is 0.791. The summed E-state index contributed by atoms with van der Waals surface area (Å²) >= 11 is 0. The van der Waals surface area contributed by atoms with Crippen LogP contribution in [-0.4, -0.2) is 21.9 Å². The summed E-state index contributed by atoms with van der Waals surface area (Å²) in [4.78, 5) is 16.1. The van der Waals surface area contributed by atoms with Gasteiger partial charge in [-0.2, -0.15) is 0 Å². The molecular weight excluding hydrogens is 254 g/mol. The van der Waals surface area contributed by atoms with Crippen LogP contribution in [0, 0.1) is 0 Å². The summed E-state index contributed by atoms with van der Waals surface area (Å²) in [6, 6.07) is 12.6. The highest BCUT2D eigenvalue weighted by atomic mass is 16.5. The highest BCUT2D eigenvalue weighted by Gasteiger charge is 2.07. The molecule has 1 N–H and O–H groups in total. The van der Waals surface area contributed by atoms with Crippen molar-refractivity contribution in [3.63, 3.8) is 0 Å². The summed E-state index contributed by atoms with van der Waals surface area (Å²) in [6.07, 6.45) is 3.41. The van der Waals surface area contributed by atoms with E-state index < -0.39 is 0 Å². The highest BCUT2D eigenvalue weighted by molar-refractivity contribution is 5.57. The molecule has 0 aliphatic carbocycles.